The average molecular weight is 286 g/mol. The first kappa shape index (κ1) is 11.5. The van der Waals surface area contributed by atoms with E-state index in [0.717, 1.165) is 6.54 Å². The number of rotatable bonds is 2. The van der Waals surface area contributed by atoms with Crippen molar-refractivity contribution in [2.75, 3.05) is 19.3 Å². The average Bonchev–Trinajstić information content (AvgIpc) is 2.30. The van der Waals surface area contributed by atoms with Crippen molar-refractivity contribution in [3.8, 4) is 0 Å². The fourth-order valence-corrected chi connectivity index (χ4v) is 3.19. The monoisotopic (exact) mass is 285 g/mol. The van der Waals surface area contributed by atoms with Crippen LogP contribution in [0.3, 0.4) is 0 Å². The van der Waals surface area contributed by atoms with Crippen LogP contribution in [0.2, 0.25) is 0 Å². The van der Waals surface area contributed by atoms with Gasteiger partial charge in [0.1, 0.15) is 0 Å². The maximum Gasteiger partial charge on any atom is 0.0178 e. The maximum absolute atomic E-state index is 3.56. The summed E-state index contributed by atoms with van der Waals surface area (Å²) in [5, 5.41) is 3.48. The predicted molar refractivity (Wildman–Crippen MR) is 70.8 cm³/mol. The van der Waals surface area contributed by atoms with Gasteiger partial charge in [-0.3, -0.25) is 0 Å². The van der Waals surface area contributed by atoms with E-state index in [1.54, 1.807) is 0 Å². The van der Waals surface area contributed by atoms with Crippen molar-refractivity contribution in [2.45, 2.75) is 23.7 Å². The van der Waals surface area contributed by atoms with Crippen LogP contribution in [0.5, 0.6) is 0 Å². The van der Waals surface area contributed by atoms with Crippen LogP contribution >= 0.6 is 27.7 Å². The summed E-state index contributed by atoms with van der Waals surface area (Å²) in [6.07, 6.45) is 4.77. The van der Waals surface area contributed by atoms with E-state index in [0.29, 0.717) is 5.92 Å². The molecule has 0 amide bonds. The van der Waals surface area contributed by atoms with Crippen LogP contribution in [-0.4, -0.2) is 19.3 Å². The number of piperidine rings is 1. The van der Waals surface area contributed by atoms with Gasteiger partial charge in [-0.15, -0.1) is 11.8 Å². The van der Waals surface area contributed by atoms with Crippen molar-refractivity contribution in [3.05, 3.63) is 28.2 Å². The second kappa shape index (κ2) is 5.37. The van der Waals surface area contributed by atoms with Crippen LogP contribution in [0, 0.1) is 0 Å². The van der Waals surface area contributed by atoms with Crippen molar-refractivity contribution >= 4 is 27.7 Å². The summed E-state index contributed by atoms with van der Waals surface area (Å²) in [6, 6.07) is 6.63. The van der Waals surface area contributed by atoms with Gasteiger partial charge in [0.2, 0.25) is 0 Å². The Balaban J connectivity index is 2.27. The zero-order chi connectivity index (χ0) is 10.7. The third kappa shape index (κ3) is 2.77. The van der Waals surface area contributed by atoms with Crippen molar-refractivity contribution < 1.29 is 0 Å². The lowest BCUT2D eigenvalue weighted by Crippen LogP contribution is -2.28. The normalized spacial score (nSPS) is 21.6. The lowest BCUT2D eigenvalue weighted by atomic mass is 9.92. The SMILES string of the molecule is CSc1ccc(Br)cc1C1CCCNC1. The molecule has 1 nitrogen and oxygen atoms in total. The molecule has 0 saturated carbocycles. The molecule has 0 radical (unpaired) electrons. The van der Waals surface area contributed by atoms with E-state index in [2.05, 4.69) is 45.7 Å². The van der Waals surface area contributed by atoms with Crippen LogP contribution in [0.15, 0.2) is 27.6 Å². The molecular weight excluding hydrogens is 270 g/mol. The fourth-order valence-electron chi connectivity index (χ4n) is 2.14. The van der Waals surface area contributed by atoms with Gasteiger partial charge in [-0.25, -0.2) is 0 Å². The van der Waals surface area contributed by atoms with E-state index in [9.17, 15) is 0 Å². The first-order valence-electron chi connectivity index (χ1n) is 5.35. The van der Waals surface area contributed by atoms with Crippen LogP contribution < -0.4 is 5.32 Å². The summed E-state index contributed by atoms with van der Waals surface area (Å²) >= 11 is 5.41. The van der Waals surface area contributed by atoms with Gasteiger partial charge in [-0.2, -0.15) is 0 Å². The Hall–Kier alpha value is 0.01000. The molecular formula is C12H16BrNS. The molecule has 1 aromatic carbocycles. The zero-order valence-corrected chi connectivity index (χ0v) is 11.3. The summed E-state index contributed by atoms with van der Waals surface area (Å²) in [5.41, 5.74) is 1.50. The second-order valence-electron chi connectivity index (χ2n) is 3.93. The third-order valence-corrected chi connectivity index (χ3v) is 4.23. The van der Waals surface area contributed by atoms with E-state index in [1.165, 1.54) is 34.3 Å². The highest BCUT2D eigenvalue weighted by atomic mass is 79.9. The Morgan fingerprint density at radius 3 is 3.00 bits per heavy atom. The van der Waals surface area contributed by atoms with Gasteiger partial charge in [0.25, 0.3) is 0 Å². The van der Waals surface area contributed by atoms with Crippen molar-refractivity contribution in [2.24, 2.45) is 0 Å². The summed E-state index contributed by atoms with van der Waals surface area (Å²) in [7, 11) is 0. The fraction of sp³-hybridized carbons (Fsp3) is 0.500. The zero-order valence-electron chi connectivity index (χ0n) is 8.92. The number of thioether (sulfide) groups is 1. The van der Waals surface area contributed by atoms with Gasteiger partial charge in [0.05, 0.1) is 0 Å². The highest BCUT2D eigenvalue weighted by Gasteiger charge is 2.17. The lowest BCUT2D eigenvalue weighted by molar-refractivity contribution is 0.457. The molecule has 0 bridgehead atoms. The Morgan fingerprint density at radius 2 is 2.33 bits per heavy atom. The minimum atomic E-state index is 0.693. The van der Waals surface area contributed by atoms with Crippen LogP contribution in [-0.2, 0) is 0 Å². The molecule has 1 atom stereocenters. The minimum Gasteiger partial charge on any atom is -0.316 e. The maximum atomic E-state index is 3.56. The molecule has 1 aliphatic heterocycles. The third-order valence-electron chi connectivity index (χ3n) is 2.93. The van der Waals surface area contributed by atoms with Gasteiger partial charge >= 0.3 is 0 Å². The number of halogens is 1. The van der Waals surface area contributed by atoms with Gasteiger partial charge in [-0.1, -0.05) is 15.9 Å². The summed E-state index contributed by atoms with van der Waals surface area (Å²) in [5.74, 6) is 0.693. The van der Waals surface area contributed by atoms with E-state index < -0.39 is 0 Å². The number of benzene rings is 1. The molecule has 0 aromatic heterocycles. The van der Waals surface area contributed by atoms with Crippen LogP contribution in [0.1, 0.15) is 24.3 Å². The quantitative estimate of drug-likeness (QED) is 0.833. The number of hydrogen-bond donors (Lipinski definition) is 1. The molecule has 1 heterocycles. The molecule has 1 aliphatic rings. The summed E-state index contributed by atoms with van der Waals surface area (Å²) in [6.45, 7) is 2.31. The largest absolute Gasteiger partial charge is 0.316 e. The van der Waals surface area contributed by atoms with Crippen molar-refractivity contribution in [1.29, 1.82) is 0 Å². The van der Waals surface area contributed by atoms with Crippen LogP contribution in [0.4, 0.5) is 0 Å². The van der Waals surface area contributed by atoms with Crippen LogP contribution in [0.25, 0.3) is 0 Å². The molecule has 1 unspecified atom stereocenters. The van der Waals surface area contributed by atoms with E-state index in [4.69, 9.17) is 0 Å². The lowest BCUT2D eigenvalue weighted by Gasteiger charge is -2.25. The first-order chi connectivity index (χ1) is 7.31. The Morgan fingerprint density at radius 1 is 1.47 bits per heavy atom. The van der Waals surface area contributed by atoms with E-state index in [-0.39, 0.29) is 0 Å². The van der Waals surface area contributed by atoms with Gasteiger partial charge < -0.3 is 5.32 Å². The van der Waals surface area contributed by atoms with E-state index in [1.807, 2.05) is 11.8 Å². The highest BCUT2D eigenvalue weighted by Crippen LogP contribution is 2.33. The molecule has 15 heavy (non-hydrogen) atoms. The van der Waals surface area contributed by atoms with E-state index >= 15 is 0 Å². The second-order valence-corrected chi connectivity index (χ2v) is 5.69. The number of hydrogen-bond acceptors (Lipinski definition) is 2. The summed E-state index contributed by atoms with van der Waals surface area (Å²) < 4.78 is 1.20. The smallest absolute Gasteiger partial charge is 0.0178 e. The standard InChI is InChI=1S/C12H16BrNS/c1-15-12-5-4-10(13)7-11(12)9-3-2-6-14-8-9/h4-5,7,9,14H,2-3,6,8H2,1H3. The minimum absolute atomic E-state index is 0.693. The van der Waals surface area contributed by atoms with Crippen molar-refractivity contribution in [3.63, 3.8) is 0 Å². The molecule has 1 fully saturated rings. The highest BCUT2D eigenvalue weighted by molar-refractivity contribution is 9.10. The Bertz CT molecular complexity index is 334. The topological polar surface area (TPSA) is 12.0 Å². The van der Waals surface area contributed by atoms with Crippen molar-refractivity contribution in [1.82, 2.24) is 5.32 Å². The molecule has 0 aliphatic carbocycles. The first-order valence-corrected chi connectivity index (χ1v) is 7.37. The molecule has 1 N–H and O–H groups in total. The van der Waals surface area contributed by atoms with Gasteiger partial charge in [0, 0.05) is 15.9 Å². The molecule has 2 rings (SSSR count). The molecule has 82 valence electrons. The molecule has 1 aromatic rings. The predicted octanol–water partition coefficient (Wildman–Crippen LogP) is 3.64. The van der Waals surface area contributed by atoms with Gasteiger partial charge in [0.15, 0.2) is 0 Å². The summed E-state index contributed by atoms with van der Waals surface area (Å²) in [4.78, 5) is 1.42. The van der Waals surface area contributed by atoms with Gasteiger partial charge in [-0.05, 0) is 55.3 Å². The Kier molecular flexibility index (Phi) is 4.12. The molecule has 0 spiro atoms. The Labute approximate surface area is 104 Å². The molecule has 3 heteroatoms. The molecule has 1 saturated heterocycles. The number of nitrogens with one attached hydrogen (secondary N) is 1.